The first kappa shape index (κ1) is 13.2. The number of aryl methyl sites for hydroxylation is 1. The number of benzene rings is 1. The molecule has 1 aliphatic heterocycles. The van der Waals surface area contributed by atoms with E-state index in [0.29, 0.717) is 6.54 Å². The number of hydrogen-bond acceptors (Lipinski definition) is 4. The largest absolute Gasteiger partial charge is 0.493 e. The van der Waals surface area contributed by atoms with Gasteiger partial charge in [-0.25, -0.2) is 0 Å². The van der Waals surface area contributed by atoms with Gasteiger partial charge in [-0.05, 0) is 36.6 Å². The van der Waals surface area contributed by atoms with E-state index < -0.39 is 0 Å². The van der Waals surface area contributed by atoms with Gasteiger partial charge >= 0.3 is 0 Å². The molecular weight excluding hydrogens is 230 g/mol. The molecule has 18 heavy (non-hydrogen) atoms. The quantitative estimate of drug-likeness (QED) is 0.862. The van der Waals surface area contributed by atoms with E-state index in [1.54, 1.807) is 14.2 Å². The molecule has 0 radical (unpaired) electrons. The fourth-order valence-electron chi connectivity index (χ4n) is 2.30. The Balaban J connectivity index is 2.27. The van der Waals surface area contributed by atoms with Crippen LogP contribution in [0.2, 0.25) is 0 Å². The summed E-state index contributed by atoms with van der Waals surface area (Å²) >= 11 is 0. The fourth-order valence-corrected chi connectivity index (χ4v) is 2.30. The fraction of sp³-hybridized carbons (Fsp3) is 0.571. The van der Waals surface area contributed by atoms with E-state index in [1.807, 2.05) is 12.1 Å². The third-order valence-electron chi connectivity index (χ3n) is 3.66. The van der Waals surface area contributed by atoms with Gasteiger partial charge in [-0.3, -0.25) is 0 Å². The molecule has 1 heterocycles. The Labute approximate surface area is 108 Å². The lowest BCUT2D eigenvalue weighted by Gasteiger charge is -2.41. The van der Waals surface area contributed by atoms with Gasteiger partial charge < -0.3 is 19.9 Å². The van der Waals surface area contributed by atoms with E-state index in [0.717, 1.165) is 31.1 Å². The number of ether oxygens (including phenoxy) is 3. The van der Waals surface area contributed by atoms with Crippen LogP contribution < -0.4 is 15.2 Å². The molecule has 4 heteroatoms. The van der Waals surface area contributed by atoms with Gasteiger partial charge in [-0.1, -0.05) is 0 Å². The topological polar surface area (TPSA) is 53.7 Å². The van der Waals surface area contributed by atoms with Crippen LogP contribution in [-0.4, -0.2) is 34.0 Å². The molecule has 1 aromatic rings. The summed E-state index contributed by atoms with van der Waals surface area (Å²) in [5.74, 6) is 1.54. The van der Waals surface area contributed by atoms with Crippen molar-refractivity contribution in [3.05, 3.63) is 23.3 Å². The number of hydrogen-bond donors (Lipinski definition) is 1. The first-order valence-electron chi connectivity index (χ1n) is 6.13. The monoisotopic (exact) mass is 251 g/mol. The zero-order chi connectivity index (χ0) is 13.2. The summed E-state index contributed by atoms with van der Waals surface area (Å²) in [4.78, 5) is 0. The van der Waals surface area contributed by atoms with Crippen LogP contribution in [0.3, 0.4) is 0 Å². The zero-order valence-corrected chi connectivity index (χ0v) is 11.3. The van der Waals surface area contributed by atoms with Gasteiger partial charge in [-0.2, -0.15) is 0 Å². The lowest BCUT2D eigenvalue weighted by atomic mass is 9.79. The second-order valence-electron chi connectivity index (χ2n) is 5.01. The average Bonchev–Trinajstić information content (AvgIpc) is 2.35. The number of nitrogens with two attached hydrogens (primary N) is 1. The SMILES string of the molecule is COc1cc(C)c(CC2(CN)COC2)cc1OC. The Morgan fingerprint density at radius 2 is 1.83 bits per heavy atom. The molecule has 0 bridgehead atoms. The van der Waals surface area contributed by atoms with Gasteiger partial charge in [0, 0.05) is 12.0 Å². The molecule has 4 nitrogen and oxygen atoms in total. The number of methoxy groups -OCH3 is 2. The minimum atomic E-state index is 0.102. The highest BCUT2D eigenvalue weighted by molar-refractivity contribution is 5.47. The maximum absolute atomic E-state index is 5.86. The molecule has 0 spiro atoms. The highest BCUT2D eigenvalue weighted by atomic mass is 16.5. The van der Waals surface area contributed by atoms with Gasteiger partial charge in [-0.15, -0.1) is 0 Å². The summed E-state index contributed by atoms with van der Waals surface area (Å²) in [6.07, 6.45) is 0.926. The molecule has 1 fully saturated rings. The lowest BCUT2D eigenvalue weighted by Crippen LogP contribution is -2.49. The molecule has 1 aliphatic rings. The van der Waals surface area contributed by atoms with Crippen LogP contribution in [0.15, 0.2) is 12.1 Å². The van der Waals surface area contributed by atoms with E-state index in [2.05, 4.69) is 6.92 Å². The van der Waals surface area contributed by atoms with E-state index >= 15 is 0 Å². The summed E-state index contributed by atoms with van der Waals surface area (Å²) < 4.78 is 15.9. The van der Waals surface area contributed by atoms with Gasteiger partial charge in [0.1, 0.15) is 0 Å². The first-order valence-corrected chi connectivity index (χ1v) is 6.13. The maximum Gasteiger partial charge on any atom is 0.161 e. The van der Waals surface area contributed by atoms with Crippen molar-refractivity contribution in [2.24, 2.45) is 11.1 Å². The minimum Gasteiger partial charge on any atom is -0.493 e. The highest BCUT2D eigenvalue weighted by Gasteiger charge is 2.37. The van der Waals surface area contributed by atoms with Crippen molar-refractivity contribution >= 4 is 0 Å². The Hall–Kier alpha value is -1.26. The molecule has 0 atom stereocenters. The normalized spacial score (nSPS) is 17.1. The average molecular weight is 251 g/mol. The standard InChI is InChI=1S/C14H21NO3/c1-10-4-12(16-2)13(17-3)5-11(10)6-14(7-15)8-18-9-14/h4-5H,6-9,15H2,1-3H3. The zero-order valence-electron chi connectivity index (χ0n) is 11.3. The first-order chi connectivity index (χ1) is 8.64. The molecule has 100 valence electrons. The summed E-state index contributed by atoms with van der Waals surface area (Å²) in [7, 11) is 3.31. The summed E-state index contributed by atoms with van der Waals surface area (Å²) in [5.41, 5.74) is 8.41. The van der Waals surface area contributed by atoms with E-state index in [9.17, 15) is 0 Å². The van der Waals surface area contributed by atoms with Crippen molar-refractivity contribution in [2.45, 2.75) is 13.3 Å². The summed E-state index contributed by atoms with van der Waals surface area (Å²) in [6, 6.07) is 4.06. The number of rotatable bonds is 5. The van der Waals surface area contributed by atoms with Gasteiger partial charge in [0.05, 0.1) is 27.4 Å². The van der Waals surface area contributed by atoms with Crippen LogP contribution >= 0.6 is 0 Å². The maximum atomic E-state index is 5.86. The van der Waals surface area contributed by atoms with Gasteiger partial charge in [0.2, 0.25) is 0 Å². The third kappa shape index (κ3) is 2.31. The molecule has 2 N–H and O–H groups in total. The van der Waals surface area contributed by atoms with Crippen molar-refractivity contribution in [3.8, 4) is 11.5 Å². The molecule has 0 unspecified atom stereocenters. The summed E-state index contributed by atoms with van der Waals surface area (Å²) in [6.45, 7) is 4.23. The van der Waals surface area contributed by atoms with Crippen molar-refractivity contribution in [1.29, 1.82) is 0 Å². The molecular formula is C14H21NO3. The van der Waals surface area contributed by atoms with Crippen LogP contribution in [0.25, 0.3) is 0 Å². The van der Waals surface area contributed by atoms with E-state index in [1.165, 1.54) is 11.1 Å². The summed E-state index contributed by atoms with van der Waals surface area (Å²) in [5, 5.41) is 0. The lowest BCUT2D eigenvalue weighted by molar-refractivity contribution is -0.106. The van der Waals surface area contributed by atoms with E-state index in [4.69, 9.17) is 19.9 Å². The van der Waals surface area contributed by atoms with Crippen molar-refractivity contribution < 1.29 is 14.2 Å². The van der Waals surface area contributed by atoms with Crippen molar-refractivity contribution in [3.63, 3.8) is 0 Å². The second kappa shape index (κ2) is 5.16. The van der Waals surface area contributed by atoms with Crippen molar-refractivity contribution in [2.75, 3.05) is 34.0 Å². The molecule has 1 aromatic carbocycles. The Kier molecular flexibility index (Phi) is 3.78. The predicted molar refractivity (Wildman–Crippen MR) is 70.3 cm³/mol. The van der Waals surface area contributed by atoms with Crippen LogP contribution in [0.4, 0.5) is 0 Å². The van der Waals surface area contributed by atoms with Crippen LogP contribution in [0, 0.1) is 12.3 Å². The molecule has 2 rings (SSSR count). The minimum absolute atomic E-state index is 0.102. The van der Waals surface area contributed by atoms with Crippen LogP contribution in [-0.2, 0) is 11.2 Å². The molecule has 0 amide bonds. The highest BCUT2D eigenvalue weighted by Crippen LogP contribution is 2.36. The molecule has 0 aliphatic carbocycles. The molecule has 0 aromatic heterocycles. The molecule has 1 saturated heterocycles. The van der Waals surface area contributed by atoms with Crippen molar-refractivity contribution in [1.82, 2.24) is 0 Å². The predicted octanol–water partition coefficient (Wildman–Crippen LogP) is 1.53. The Bertz CT molecular complexity index is 422. The van der Waals surface area contributed by atoms with E-state index in [-0.39, 0.29) is 5.41 Å². The Morgan fingerprint density at radius 1 is 1.22 bits per heavy atom. The van der Waals surface area contributed by atoms with Gasteiger partial charge in [0.15, 0.2) is 11.5 Å². The Morgan fingerprint density at radius 3 is 2.28 bits per heavy atom. The smallest absolute Gasteiger partial charge is 0.161 e. The molecule has 0 saturated carbocycles. The second-order valence-corrected chi connectivity index (χ2v) is 5.01. The van der Waals surface area contributed by atoms with Crippen LogP contribution in [0.5, 0.6) is 11.5 Å². The van der Waals surface area contributed by atoms with Gasteiger partial charge in [0.25, 0.3) is 0 Å². The van der Waals surface area contributed by atoms with Crippen LogP contribution in [0.1, 0.15) is 11.1 Å². The third-order valence-corrected chi connectivity index (χ3v) is 3.66.